The highest BCUT2D eigenvalue weighted by Crippen LogP contribution is 2.30. The number of thioether (sulfide) groups is 1. The van der Waals surface area contributed by atoms with E-state index in [2.05, 4.69) is 26.6 Å². The predicted molar refractivity (Wildman–Crippen MR) is 102 cm³/mol. The number of hydrogen-bond donors (Lipinski definition) is 4. The number of aliphatic carboxylic acids is 2. The molecule has 27 heavy (non-hydrogen) atoms. The number of nitrogens with one attached hydrogen (secondary N) is 2. The molecule has 0 atom stereocenters. The molecular formula is C17H21ClN4O4S. The standard InChI is InChI=1S/C13H15ClN4S.C4H6O4/c14-12-2-1-9-3-5-15-6-4-10(9)11(12)7-19-13-16-8-17-18-13;5-3(6)1-2-4(7)8/h1-2,8,15H,3-7H2,(H,16,17,18);1-2H2,(H,5,6)(H,7,8). The van der Waals surface area contributed by atoms with E-state index in [1.165, 1.54) is 16.7 Å². The summed E-state index contributed by atoms with van der Waals surface area (Å²) in [5.74, 6) is -1.32. The van der Waals surface area contributed by atoms with Crippen LogP contribution in [0.1, 0.15) is 29.5 Å². The van der Waals surface area contributed by atoms with E-state index >= 15 is 0 Å². The van der Waals surface area contributed by atoms with Crippen LogP contribution in [-0.4, -0.2) is 50.4 Å². The van der Waals surface area contributed by atoms with E-state index in [9.17, 15) is 9.59 Å². The molecule has 0 bridgehead atoms. The van der Waals surface area contributed by atoms with Gasteiger partial charge in [0.15, 0.2) is 5.16 Å². The first kappa shape index (κ1) is 21.2. The van der Waals surface area contributed by atoms with Gasteiger partial charge >= 0.3 is 11.9 Å². The summed E-state index contributed by atoms with van der Waals surface area (Å²) in [5, 5.41) is 28.7. The van der Waals surface area contributed by atoms with Crippen molar-refractivity contribution in [2.75, 3.05) is 13.1 Å². The number of carbonyl (C=O) groups is 2. The van der Waals surface area contributed by atoms with Crippen LogP contribution in [0.3, 0.4) is 0 Å². The fourth-order valence-corrected chi connectivity index (χ4v) is 3.77. The Kier molecular flexibility index (Phi) is 8.56. The molecule has 0 radical (unpaired) electrons. The first-order chi connectivity index (χ1) is 13.0. The number of nitrogens with zero attached hydrogens (tertiary/aromatic N) is 2. The van der Waals surface area contributed by atoms with Crippen molar-refractivity contribution in [2.45, 2.75) is 36.6 Å². The minimum atomic E-state index is -1.08. The third-order valence-electron chi connectivity index (χ3n) is 3.89. The van der Waals surface area contributed by atoms with Crippen LogP contribution in [0, 0.1) is 0 Å². The third kappa shape index (κ3) is 7.20. The van der Waals surface area contributed by atoms with Gasteiger partial charge in [0, 0.05) is 10.8 Å². The molecule has 1 aliphatic heterocycles. The monoisotopic (exact) mass is 412 g/mol. The summed E-state index contributed by atoms with van der Waals surface area (Å²) in [5.41, 5.74) is 4.07. The number of carboxylic acid groups (broad SMARTS) is 2. The fraction of sp³-hybridized carbons (Fsp3) is 0.412. The van der Waals surface area contributed by atoms with Crippen LogP contribution in [0.15, 0.2) is 23.6 Å². The van der Waals surface area contributed by atoms with E-state index in [1.807, 2.05) is 6.07 Å². The molecule has 2 heterocycles. The van der Waals surface area contributed by atoms with Crippen molar-refractivity contribution in [3.8, 4) is 0 Å². The Morgan fingerprint density at radius 1 is 1.15 bits per heavy atom. The lowest BCUT2D eigenvalue weighted by molar-refractivity contribution is -0.143. The highest BCUT2D eigenvalue weighted by atomic mass is 35.5. The average Bonchev–Trinajstić information content (AvgIpc) is 3.03. The van der Waals surface area contributed by atoms with Crippen LogP contribution in [0.5, 0.6) is 0 Å². The molecule has 1 aromatic heterocycles. The number of rotatable bonds is 6. The number of fused-ring (bicyclic) bond motifs is 1. The smallest absolute Gasteiger partial charge is 0.303 e. The second-order valence-corrected chi connectivity index (χ2v) is 7.16. The normalized spacial score (nSPS) is 13.1. The number of benzene rings is 1. The Morgan fingerprint density at radius 3 is 2.48 bits per heavy atom. The third-order valence-corrected chi connectivity index (χ3v) is 5.15. The fourth-order valence-electron chi connectivity index (χ4n) is 2.60. The molecule has 0 saturated heterocycles. The van der Waals surface area contributed by atoms with E-state index in [4.69, 9.17) is 21.8 Å². The van der Waals surface area contributed by atoms with E-state index in [-0.39, 0.29) is 12.8 Å². The molecule has 10 heteroatoms. The van der Waals surface area contributed by atoms with Crippen molar-refractivity contribution in [2.24, 2.45) is 0 Å². The number of hydrogen-bond acceptors (Lipinski definition) is 6. The molecule has 4 N–H and O–H groups in total. The molecule has 0 aliphatic carbocycles. The van der Waals surface area contributed by atoms with E-state index in [0.717, 1.165) is 41.9 Å². The molecule has 0 saturated carbocycles. The topological polar surface area (TPSA) is 128 Å². The van der Waals surface area contributed by atoms with Gasteiger partial charge in [0.25, 0.3) is 0 Å². The van der Waals surface area contributed by atoms with E-state index < -0.39 is 11.9 Å². The summed E-state index contributed by atoms with van der Waals surface area (Å²) in [7, 11) is 0. The van der Waals surface area contributed by atoms with Crippen LogP contribution in [0.25, 0.3) is 0 Å². The molecule has 3 rings (SSSR count). The molecule has 2 aromatic rings. The number of carboxylic acids is 2. The lowest BCUT2D eigenvalue weighted by Crippen LogP contribution is -2.16. The van der Waals surface area contributed by atoms with Gasteiger partial charge in [-0.1, -0.05) is 29.4 Å². The summed E-state index contributed by atoms with van der Waals surface area (Å²) < 4.78 is 0. The van der Waals surface area contributed by atoms with Gasteiger partial charge in [0.1, 0.15) is 6.33 Å². The Bertz CT molecular complexity index is 757. The van der Waals surface area contributed by atoms with Gasteiger partial charge < -0.3 is 20.5 Å². The first-order valence-corrected chi connectivity index (χ1v) is 9.76. The second kappa shape index (κ2) is 10.9. The van der Waals surface area contributed by atoms with Crippen LogP contribution in [0.4, 0.5) is 0 Å². The molecule has 146 valence electrons. The minimum Gasteiger partial charge on any atom is -0.481 e. The predicted octanol–water partition coefficient (Wildman–Crippen LogP) is 2.37. The molecule has 0 unspecified atom stereocenters. The van der Waals surface area contributed by atoms with Gasteiger partial charge in [-0.3, -0.25) is 9.59 Å². The first-order valence-electron chi connectivity index (χ1n) is 8.39. The van der Waals surface area contributed by atoms with Crippen molar-refractivity contribution >= 4 is 35.3 Å². The van der Waals surface area contributed by atoms with Gasteiger partial charge in [-0.2, -0.15) is 0 Å². The van der Waals surface area contributed by atoms with Gasteiger partial charge in [-0.05, 0) is 48.7 Å². The second-order valence-electron chi connectivity index (χ2n) is 5.78. The minimum absolute atomic E-state index is 0.296. The zero-order valence-electron chi connectivity index (χ0n) is 14.6. The van der Waals surface area contributed by atoms with Gasteiger partial charge in [0.05, 0.1) is 12.8 Å². The van der Waals surface area contributed by atoms with Crippen LogP contribution < -0.4 is 5.32 Å². The summed E-state index contributed by atoms with van der Waals surface area (Å²) >= 11 is 8.01. The molecule has 0 spiro atoms. The van der Waals surface area contributed by atoms with Crippen molar-refractivity contribution in [1.82, 2.24) is 20.5 Å². The summed E-state index contributed by atoms with van der Waals surface area (Å²) in [6.45, 7) is 2.07. The van der Waals surface area contributed by atoms with Crippen LogP contribution >= 0.6 is 23.4 Å². The Balaban J connectivity index is 0.000000279. The maximum absolute atomic E-state index is 9.64. The number of aromatic amines is 1. The Morgan fingerprint density at radius 2 is 1.85 bits per heavy atom. The molecule has 8 nitrogen and oxygen atoms in total. The molecule has 0 fully saturated rings. The zero-order valence-corrected chi connectivity index (χ0v) is 16.1. The zero-order chi connectivity index (χ0) is 19.6. The van der Waals surface area contributed by atoms with E-state index in [1.54, 1.807) is 18.1 Å². The molecule has 1 aliphatic rings. The lowest BCUT2D eigenvalue weighted by atomic mass is 9.98. The Labute approximate surface area is 165 Å². The molecule has 0 amide bonds. The summed E-state index contributed by atoms with van der Waals surface area (Å²) in [6, 6.07) is 4.18. The van der Waals surface area contributed by atoms with Crippen LogP contribution in [-0.2, 0) is 28.2 Å². The highest BCUT2D eigenvalue weighted by molar-refractivity contribution is 7.98. The molecular weight excluding hydrogens is 392 g/mol. The summed E-state index contributed by atoms with van der Waals surface area (Å²) in [6.07, 6.45) is 3.12. The van der Waals surface area contributed by atoms with Crippen molar-refractivity contribution in [1.29, 1.82) is 0 Å². The lowest BCUT2D eigenvalue weighted by Gasteiger charge is -2.13. The van der Waals surface area contributed by atoms with Gasteiger partial charge in [-0.25, -0.2) is 0 Å². The maximum atomic E-state index is 9.64. The van der Waals surface area contributed by atoms with Crippen molar-refractivity contribution < 1.29 is 19.8 Å². The average molecular weight is 413 g/mol. The van der Waals surface area contributed by atoms with Crippen molar-refractivity contribution in [3.05, 3.63) is 40.2 Å². The van der Waals surface area contributed by atoms with Crippen molar-refractivity contribution in [3.63, 3.8) is 0 Å². The number of H-pyrrole nitrogens is 1. The van der Waals surface area contributed by atoms with Gasteiger partial charge in [0.2, 0.25) is 0 Å². The SMILES string of the molecule is Clc1ccc2c(c1CSc1nnc[nH]1)CCNCC2.O=C(O)CCC(=O)O. The number of aromatic nitrogens is 3. The Hall–Kier alpha value is -2.10. The summed E-state index contributed by atoms with van der Waals surface area (Å²) in [4.78, 5) is 22.3. The van der Waals surface area contributed by atoms with Crippen LogP contribution in [0.2, 0.25) is 5.02 Å². The largest absolute Gasteiger partial charge is 0.481 e. The molecule has 1 aromatic carbocycles. The highest BCUT2D eigenvalue weighted by Gasteiger charge is 2.15. The quantitative estimate of drug-likeness (QED) is 0.532. The van der Waals surface area contributed by atoms with E-state index in [0.29, 0.717) is 0 Å². The maximum Gasteiger partial charge on any atom is 0.303 e. The van der Waals surface area contributed by atoms with Gasteiger partial charge in [-0.15, -0.1) is 10.2 Å². The number of halogens is 1.